The Morgan fingerprint density at radius 2 is 2.50 bits per heavy atom. The van der Waals surface area contributed by atoms with Gasteiger partial charge in [-0.15, -0.1) is 11.8 Å². The average Bonchev–Trinajstić information content (AvgIpc) is 2.33. The summed E-state index contributed by atoms with van der Waals surface area (Å²) >= 11 is 1.77. The van der Waals surface area contributed by atoms with E-state index in [9.17, 15) is 0 Å². The molecular weight excluding hydrogens is 220 g/mol. The molecule has 1 unspecified atom stereocenters. The summed E-state index contributed by atoms with van der Waals surface area (Å²) in [7, 11) is 0. The Kier molecular flexibility index (Phi) is 4.48. The molecule has 1 aromatic rings. The van der Waals surface area contributed by atoms with Crippen molar-refractivity contribution in [2.45, 2.75) is 30.8 Å². The summed E-state index contributed by atoms with van der Waals surface area (Å²) < 4.78 is 5.43. The van der Waals surface area contributed by atoms with E-state index in [0.717, 1.165) is 36.1 Å². The maximum Gasteiger partial charge on any atom is 0.0961 e. The molecule has 1 aliphatic rings. The van der Waals surface area contributed by atoms with Crippen LogP contribution in [0.1, 0.15) is 19.8 Å². The predicted molar refractivity (Wildman–Crippen MR) is 68.1 cm³/mol. The Bertz CT molecular complexity index is 309. The number of ether oxygens (including phenoxy) is 1. The van der Waals surface area contributed by atoms with E-state index in [2.05, 4.69) is 29.4 Å². The SMILES string of the molecule is CCSc1ccc(NC2CCCOC2)cn1. The van der Waals surface area contributed by atoms with Crippen LogP contribution >= 0.6 is 11.8 Å². The van der Waals surface area contributed by atoms with Gasteiger partial charge in [0.15, 0.2) is 0 Å². The normalized spacial score (nSPS) is 20.7. The number of rotatable bonds is 4. The van der Waals surface area contributed by atoms with E-state index in [-0.39, 0.29) is 0 Å². The van der Waals surface area contributed by atoms with Crippen molar-refractivity contribution in [3.63, 3.8) is 0 Å². The molecule has 0 amide bonds. The summed E-state index contributed by atoms with van der Waals surface area (Å²) in [6.45, 7) is 3.85. The van der Waals surface area contributed by atoms with Crippen LogP contribution in [0.3, 0.4) is 0 Å². The first-order valence-corrected chi connectivity index (χ1v) is 6.80. The van der Waals surface area contributed by atoms with Crippen molar-refractivity contribution in [1.29, 1.82) is 0 Å². The van der Waals surface area contributed by atoms with Crippen LogP contribution in [0.15, 0.2) is 23.4 Å². The van der Waals surface area contributed by atoms with Gasteiger partial charge in [0.25, 0.3) is 0 Å². The fourth-order valence-electron chi connectivity index (χ4n) is 1.79. The maximum absolute atomic E-state index is 5.43. The third kappa shape index (κ3) is 3.39. The van der Waals surface area contributed by atoms with Gasteiger partial charge in [0, 0.05) is 12.6 Å². The fraction of sp³-hybridized carbons (Fsp3) is 0.583. The van der Waals surface area contributed by atoms with E-state index in [4.69, 9.17) is 4.74 Å². The molecule has 2 rings (SSSR count). The highest BCUT2D eigenvalue weighted by molar-refractivity contribution is 7.99. The van der Waals surface area contributed by atoms with Crippen LogP contribution in [0.5, 0.6) is 0 Å². The Balaban J connectivity index is 1.88. The highest BCUT2D eigenvalue weighted by atomic mass is 32.2. The predicted octanol–water partition coefficient (Wildman–Crippen LogP) is 2.78. The van der Waals surface area contributed by atoms with Gasteiger partial charge in [0.2, 0.25) is 0 Å². The zero-order valence-corrected chi connectivity index (χ0v) is 10.4. The zero-order chi connectivity index (χ0) is 11.2. The number of pyridine rings is 1. The van der Waals surface area contributed by atoms with Gasteiger partial charge in [-0.2, -0.15) is 0 Å². The molecule has 1 atom stereocenters. The fourth-order valence-corrected chi connectivity index (χ4v) is 2.38. The van der Waals surface area contributed by atoms with Crippen molar-refractivity contribution in [2.75, 3.05) is 24.3 Å². The van der Waals surface area contributed by atoms with Crippen molar-refractivity contribution in [3.05, 3.63) is 18.3 Å². The first-order valence-electron chi connectivity index (χ1n) is 5.81. The highest BCUT2D eigenvalue weighted by Gasteiger charge is 2.13. The minimum atomic E-state index is 0.445. The molecular formula is C12H18N2OS. The molecule has 1 N–H and O–H groups in total. The first-order chi connectivity index (χ1) is 7.88. The minimum absolute atomic E-state index is 0.445. The van der Waals surface area contributed by atoms with Crippen molar-refractivity contribution in [2.24, 2.45) is 0 Å². The molecule has 0 aromatic carbocycles. The van der Waals surface area contributed by atoms with Gasteiger partial charge in [0.1, 0.15) is 0 Å². The molecule has 1 saturated heterocycles. The summed E-state index contributed by atoms with van der Waals surface area (Å²) in [4.78, 5) is 4.39. The Hall–Kier alpha value is -0.740. The zero-order valence-electron chi connectivity index (χ0n) is 9.61. The Morgan fingerprint density at radius 3 is 3.12 bits per heavy atom. The summed E-state index contributed by atoms with van der Waals surface area (Å²) in [6, 6.07) is 4.61. The van der Waals surface area contributed by atoms with Crippen molar-refractivity contribution in [1.82, 2.24) is 4.98 Å². The lowest BCUT2D eigenvalue weighted by Gasteiger charge is -2.23. The lowest BCUT2D eigenvalue weighted by molar-refractivity contribution is 0.0876. The van der Waals surface area contributed by atoms with Gasteiger partial charge in [-0.1, -0.05) is 6.92 Å². The van der Waals surface area contributed by atoms with E-state index in [1.54, 1.807) is 11.8 Å². The van der Waals surface area contributed by atoms with Crippen LogP contribution in [-0.2, 0) is 4.74 Å². The molecule has 0 saturated carbocycles. The molecule has 0 bridgehead atoms. The summed E-state index contributed by atoms with van der Waals surface area (Å²) in [5.74, 6) is 1.07. The minimum Gasteiger partial charge on any atom is -0.379 e. The third-order valence-electron chi connectivity index (χ3n) is 2.56. The van der Waals surface area contributed by atoms with E-state index >= 15 is 0 Å². The summed E-state index contributed by atoms with van der Waals surface area (Å²) in [6.07, 6.45) is 4.24. The number of thioether (sulfide) groups is 1. The van der Waals surface area contributed by atoms with E-state index in [0.29, 0.717) is 6.04 Å². The standard InChI is InChI=1S/C12H18N2OS/c1-2-16-12-6-5-10(8-13-12)14-11-4-3-7-15-9-11/h5-6,8,11,14H,2-4,7,9H2,1H3. The van der Waals surface area contributed by atoms with Gasteiger partial charge in [0.05, 0.1) is 23.5 Å². The van der Waals surface area contributed by atoms with Gasteiger partial charge in [-0.05, 0) is 30.7 Å². The summed E-state index contributed by atoms with van der Waals surface area (Å²) in [5.41, 5.74) is 1.09. The van der Waals surface area contributed by atoms with Crippen molar-refractivity contribution in [3.8, 4) is 0 Å². The van der Waals surface area contributed by atoms with Crippen LogP contribution in [0.4, 0.5) is 5.69 Å². The van der Waals surface area contributed by atoms with Crippen LogP contribution in [0.2, 0.25) is 0 Å². The van der Waals surface area contributed by atoms with Gasteiger partial charge in [-0.3, -0.25) is 0 Å². The van der Waals surface area contributed by atoms with Crippen molar-refractivity contribution >= 4 is 17.4 Å². The van der Waals surface area contributed by atoms with Crippen LogP contribution in [0.25, 0.3) is 0 Å². The molecule has 0 spiro atoms. The number of hydrogen-bond acceptors (Lipinski definition) is 4. The molecule has 1 aromatic heterocycles. The molecule has 1 fully saturated rings. The number of anilines is 1. The Morgan fingerprint density at radius 1 is 1.56 bits per heavy atom. The van der Waals surface area contributed by atoms with E-state index in [1.165, 1.54) is 6.42 Å². The monoisotopic (exact) mass is 238 g/mol. The van der Waals surface area contributed by atoms with E-state index in [1.807, 2.05) is 6.20 Å². The lowest BCUT2D eigenvalue weighted by atomic mass is 10.1. The van der Waals surface area contributed by atoms with Gasteiger partial charge in [-0.25, -0.2) is 4.98 Å². The number of aromatic nitrogens is 1. The van der Waals surface area contributed by atoms with Gasteiger partial charge >= 0.3 is 0 Å². The highest BCUT2D eigenvalue weighted by Crippen LogP contribution is 2.18. The molecule has 0 aliphatic carbocycles. The molecule has 2 heterocycles. The number of nitrogens with one attached hydrogen (secondary N) is 1. The molecule has 3 nitrogen and oxygen atoms in total. The quantitative estimate of drug-likeness (QED) is 0.818. The number of hydrogen-bond donors (Lipinski definition) is 1. The van der Waals surface area contributed by atoms with Crippen LogP contribution < -0.4 is 5.32 Å². The molecule has 16 heavy (non-hydrogen) atoms. The molecule has 0 radical (unpaired) electrons. The second-order valence-electron chi connectivity index (χ2n) is 3.88. The van der Waals surface area contributed by atoms with Gasteiger partial charge < -0.3 is 10.1 Å². The maximum atomic E-state index is 5.43. The molecule has 88 valence electrons. The summed E-state index contributed by atoms with van der Waals surface area (Å²) in [5, 5.41) is 4.54. The average molecular weight is 238 g/mol. The smallest absolute Gasteiger partial charge is 0.0961 e. The van der Waals surface area contributed by atoms with Crippen LogP contribution in [0, 0.1) is 0 Å². The molecule has 4 heteroatoms. The largest absolute Gasteiger partial charge is 0.379 e. The third-order valence-corrected chi connectivity index (χ3v) is 3.39. The van der Waals surface area contributed by atoms with E-state index < -0.39 is 0 Å². The topological polar surface area (TPSA) is 34.1 Å². The second-order valence-corrected chi connectivity index (χ2v) is 5.16. The number of nitrogens with zero attached hydrogens (tertiary/aromatic N) is 1. The van der Waals surface area contributed by atoms with Crippen molar-refractivity contribution < 1.29 is 4.74 Å². The lowest BCUT2D eigenvalue weighted by Crippen LogP contribution is -2.29. The van der Waals surface area contributed by atoms with Crippen LogP contribution in [-0.4, -0.2) is 30.0 Å². The first kappa shape index (κ1) is 11.7. The molecule has 1 aliphatic heterocycles. The second kappa shape index (κ2) is 6.11. The Labute approximate surface area is 101 Å².